The zero-order chi connectivity index (χ0) is 14.3. The van der Waals surface area contributed by atoms with Gasteiger partial charge in [0, 0.05) is 31.2 Å². The topological polar surface area (TPSA) is 15.3 Å². The molecule has 0 radical (unpaired) electrons. The van der Waals surface area contributed by atoms with E-state index in [2.05, 4.69) is 31.0 Å². The van der Waals surface area contributed by atoms with Crippen LogP contribution in [0.4, 0.5) is 4.39 Å². The van der Waals surface area contributed by atoms with Gasteiger partial charge in [-0.25, -0.2) is 4.39 Å². The lowest BCUT2D eigenvalue weighted by atomic mass is 9.95. The Morgan fingerprint density at radius 2 is 2.10 bits per heavy atom. The van der Waals surface area contributed by atoms with E-state index < -0.39 is 0 Å². The molecule has 1 saturated heterocycles. The molecule has 2 nitrogen and oxygen atoms in total. The third kappa shape index (κ3) is 3.04. The first-order valence-electron chi connectivity index (χ1n) is 7.69. The van der Waals surface area contributed by atoms with Gasteiger partial charge in [0.05, 0.1) is 0 Å². The van der Waals surface area contributed by atoms with Crippen molar-refractivity contribution in [3.8, 4) is 0 Å². The minimum absolute atomic E-state index is 0.122. The second-order valence-corrected chi connectivity index (χ2v) is 7.15. The molecule has 2 aliphatic rings. The molecule has 20 heavy (non-hydrogen) atoms. The summed E-state index contributed by atoms with van der Waals surface area (Å²) in [6, 6.07) is 5.77. The Hall–Kier alpha value is -0.930. The van der Waals surface area contributed by atoms with Gasteiger partial charge in [0.15, 0.2) is 0 Å². The summed E-state index contributed by atoms with van der Waals surface area (Å²) in [5.41, 5.74) is 2.47. The van der Waals surface area contributed by atoms with E-state index in [1.807, 2.05) is 6.07 Å². The van der Waals surface area contributed by atoms with E-state index >= 15 is 0 Å². The zero-order valence-electron chi connectivity index (χ0n) is 12.7. The van der Waals surface area contributed by atoms with E-state index in [0.29, 0.717) is 6.04 Å². The first kappa shape index (κ1) is 14.0. The molecule has 1 aromatic carbocycles. The third-order valence-corrected chi connectivity index (χ3v) is 4.71. The van der Waals surface area contributed by atoms with Crippen molar-refractivity contribution < 1.29 is 4.39 Å². The molecule has 0 bridgehead atoms. The lowest BCUT2D eigenvalue weighted by Gasteiger charge is -2.45. The molecule has 1 N–H and O–H groups in total. The van der Waals surface area contributed by atoms with Crippen molar-refractivity contribution in [2.24, 2.45) is 5.92 Å². The second kappa shape index (κ2) is 5.12. The van der Waals surface area contributed by atoms with Crippen LogP contribution in [0.1, 0.15) is 37.8 Å². The molecule has 0 spiro atoms. The first-order chi connectivity index (χ1) is 9.44. The highest BCUT2D eigenvalue weighted by molar-refractivity contribution is 5.26. The quantitative estimate of drug-likeness (QED) is 0.912. The molecular formula is C17H25FN2. The van der Waals surface area contributed by atoms with Gasteiger partial charge in [-0.15, -0.1) is 0 Å². The summed E-state index contributed by atoms with van der Waals surface area (Å²) >= 11 is 0. The van der Waals surface area contributed by atoms with E-state index in [0.717, 1.165) is 31.1 Å². The summed E-state index contributed by atoms with van der Waals surface area (Å²) in [7, 11) is 0. The number of nitrogens with zero attached hydrogens (tertiary/aromatic N) is 1. The number of rotatable bonds is 3. The Bertz CT molecular complexity index is 494. The lowest BCUT2D eigenvalue weighted by molar-refractivity contribution is 0.0757. The average molecular weight is 276 g/mol. The smallest absolute Gasteiger partial charge is 0.123 e. The molecule has 1 aromatic rings. The minimum Gasteiger partial charge on any atom is -0.309 e. The number of hydrogen-bond acceptors (Lipinski definition) is 2. The van der Waals surface area contributed by atoms with Crippen LogP contribution in [0.2, 0.25) is 0 Å². The van der Waals surface area contributed by atoms with E-state index in [1.165, 1.54) is 18.4 Å². The van der Waals surface area contributed by atoms with E-state index in [-0.39, 0.29) is 11.4 Å². The minimum atomic E-state index is -0.122. The van der Waals surface area contributed by atoms with Crippen LogP contribution in [0, 0.1) is 18.7 Å². The molecule has 1 unspecified atom stereocenters. The van der Waals surface area contributed by atoms with Crippen LogP contribution < -0.4 is 5.32 Å². The van der Waals surface area contributed by atoms with Gasteiger partial charge in [0.25, 0.3) is 0 Å². The number of hydrogen-bond donors (Lipinski definition) is 1. The van der Waals surface area contributed by atoms with Gasteiger partial charge in [0.1, 0.15) is 5.82 Å². The number of nitrogens with one attached hydrogen (secondary N) is 1. The molecule has 110 valence electrons. The van der Waals surface area contributed by atoms with Crippen molar-refractivity contribution in [1.82, 2.24) is 10.2 Å². The standard InChI is InChI=1S/C17H25FN2/c1-12-4-7-15(18)8-14(12)10-20-11-17(2,3)19-9-16(20)13-5-6-13/h4,7-8,13,16,19H,5-6,9-11H2,1-3H3. The zero-order valence-corrected chi connectivity index (χ0v) is 12.7. The SMILES string of the molecule is Cc1ccc(F)cc1CN1CC(C)(C)NCC1C1CC1. The van der Waals surface area contributed by atoms with Crippen LogP contribution in [-0.2, 0) is 6.54 Å². The van der Waals surface area contributed by atoms with E-state index in [4.69, 9.17) is 0 Å². The number of aryl methyl sites for hydroxylation is 1. The van der Waals surface area contributed by atoms with Crippen LogP contribution in [-0.4, -0.2) is 29.6 Å². The molecule has 1 atom stereocenters. The Kier molecular flexibility index (Phi) is 3.59. The Morgan fingerprint density at radius 3 is 2.80 bits per heavy atom. The van der Waals surface area contributed by atoms with Crippen LogP contribution >= 0.6 is 0 Å². The molecule has 1 heterocycles. The van der Waals surface area contributed by atoms with Gasteiger partial charge in [0.2, 0.25) is 0 Å². The van der Waals surface area contributed by atoms with Crippen LogP contribution in [0.3, 0.4) is 0 Å². The molecule has 0 amide bonds. The fraction of sp³-hybridized carbons (Fsp3) is 0.647. The number of piperazine rings is 1. The van der Waals surface area contributed by atoms with Crippen molar-refractivity contribution in [2.45, 2.75) is 51.7 Å². The van der Waals surface area contributed by atoms with Crippen LogP contribution in [0.25, 0.3) is 0 Å². The molecule has 3 heteroatoms. The number of benzene rings is 1. The molecule has 3 rings (SSSR count). The Balaban J connectivity index is 1.79. The normalized spacial score (nSPS) is 26.7. The Labute approximate surface area is 121 Å². The van der Waals surface area contributed by atoms with Gasteiger partial charge in [-0.1, -0.05) is 6.07 Å². The molecule has 1 saturated carbocycles. The predicted octanol–water partition coefficient (Wildman–Crippen LogP) is 3.10. The maximum atomic E-state index is 13.5. The highest BCUT2D eigenvalue weighted by Gasteiger charge is 2.40. The second-order valence-electron chi connectivity index (χ2n) is 7.15. The summed E-state index contributed by atoms with van der Waals surface area (Å²) in [5, 5.41) is 3.66. The van der Waals surface area contributed by atoms with Crippen molar-refractivity contribution in [2.75, 3.05) is 13.1 Å². The van der Waals surface area contributed by atoms with Gasteiger partial charge < -0.3 is 5.32 Å². The van der Waals surface area contributed by atoms with E-state index in [1.54, 1.807) is 12.1 Å². The molecule has 2 fully saturated rings. The summed E-state index contributed by atoms with van der Waals surface area (Å²) in [6.45, 7) is 9.55. The highest BCUT2D eigenvalue weighted by Crippen LogP contribution is 2.37. The molecular weight excluding hydrogens is 251 g/mol. The lowest BCUT2D eigenvalue weighted by Crippen LogP contribution is -2.61. The highest BCUT2D eigenvalue weighted by atomic mass is 19.1. The Morgan fingerprint density at radius 1 is 1.35 bits per heavy atom. The largest absolute Gasteiger partial charge is 0.309 e. The summed E-state index contributed by atoms with van der Waals surface area (Å²) in [6.07, 6.45) is 2.71. The van der Waals surface area contributed by atoms with Gasteiger partial charge in [-0.05, 0) is 62.8 Å². The van der Waals surface area contributed by atoms with Gasteiger partial charge in [-0.3, -0.25) is 4.90 Å². The van der Waals surface area contributed by atoms with Crippen LogP contribution in [0.5, 0.6) is 0 Å². The van der Waals surface area contributed by atoms with E-state index in [9.17, 15) is 4.39 Å². The fourth-order valence-corrected chi connectivity index (χ4v) is 3.34. The monoisotopic (exact) mass is 276 g/mol. The van der Waals surface area contributed by atoms with Crippen molar-refractivity contribution in [3.05, 3.63) is 35.1 Å². The van der Waals surface area contributed by atoms with Crippen molar-refractivity contribution in [1.29, 1.82) is 0 Å². The van der Waals surface area contributed by atoms with Crippen molar-refractivity contribution >= 4 is 0 Å². The third-order valence-electron chi connectivity index (χ3n) is 4.71. The predicted molar refractivity (Wildman–Crippen MR) is 80.1 cm³/mol. The maximum Gasteiger partial charge on any atom is 0.123 e. The first-order valence-corrected chi connectivity index (χ1v) is 7.69. The molecule has 0 aromatic heterocycles. The van der Waals surface area contributed by atoms with Gasteiger partial charge in [-0.2, -0.15) is 0 Å². The number of halogens is 1. The maximum absolute atomic E-state index is 13.5. The van der Waals surface area contributed by atoms with Crippen molar-refractivity contribution in [3.63, 3.8) is 0 Å². The molecule has 1 aliphatic heterocycles. The van der Waals surface area contributed by atoms with Gasteiger partial charge >= 0.3 is 0 Å². The summed E-state index contributed by atoms with van der Waals surface area (Å²) in [4.78, 5) is 2.57. The average Bonchev–Trinajstić information content (AvgIpc) is 3.17. The van der Waals surface area contributed by atoms with Crippen LogP contribution in [0.15, 0.2) is 18.2 Å². The summed E-state index contributed by atoms with van der Waals surface area (Å²) < 4.78 is 13.5. The molecule has 1 aliphatic carbocycles. The fourth-order valence-electron chi connectivity index (χ4n) is 3.34. The summed E-state index contributed by atoms with van der Waals surface area (Å²) in [5.74, 6) is 0.718.